The minimum atomic E-state index is 0.438. The molecule has 1 heteroatoms. The number of hydrogen-bond donors (Lipinski definition) is 0. The second-order valence-corrected chi connectivity index (χ2v) is 8.98. The standard InChI is InChI=1S/C18H25S.C7H8/c1-3-5-14-19(15-6-4-2)18-13-9-11-16-10-7-8-12-17(16)18;1-7-5-3-2-4-6-7/h7-13H,3-6,14-15H2,1-2H3;2-6H,1H3/q+1;. The SMILES string of the molecule is CCCC[S+](CCCC)c1cccc2ccccc12.Cc1ccccc1. The third kappa shape index (κ3) is 6.53. The van der Waals surface area contributed by atoms with Gasteiger partial charge in [0.15, 0.2) is 4.90 Å². The number of fused-ring (bicyclic) bond motifs is 1. The van der Waals surface area contributed by atoms with Crippen molar-refractivity contribution in [3.63, 3.8) is 0 Å². The average molecular weight is 366 g/mol. The van der Waals surface area contributed by atoms with E-state index in [1.165, 1.54) is 53.5 Å². The molecule has 0 spiro atoms. The third-order valence-electron chi connectivity index (χ3n) is 4.49. The Bertz CT molecular complexity index is 735. The smallest absolute Gasteiger partial charge is 0.0652 e. The molecule has 0 N–H and O–H groups in total. The topological polar surface area (TPSA) is 0 Å². The monoisotopic (exact) mass is 365 g/mol. The summed E-state index contributed by atoms with van der Waals surface area (Å²) in [6.07, 6.45) is 5.33. The lowest BCUT2D eigenvalue weighted by Crippen LogP contribution is -2.13. The molecule has 0 saturated carbocycles. The summed E-state index contributed by atoms with van der Waals surface area (Å²) in [5, 5.41) is 2.87. The van der Waals surface area contributed by atoms with Crippen LogP contribution in [0.1, 0.15) is 45.1 Å². The van der Waals surface area contributed by atoms with Gasteiger partial charge in [-0.15, -0.1) is 0 Å². The highest BCUT2D eigenvalue weighted by Crippen LogP contribution is 2.26. The van der Waals surface area contributed by atoms with E-state index in [4.69, 9.17) is 0 Å². The average Bonchev–Trinajstić information content (AvgIpc) is 2.69. The maximum absolute atomic E-state index is 2.36. The zero-order chi connectivity index (χ0) is 18.6. The van der Waals surface area contributed by atoms with Gasteiger partial charge in [0, 0.05) is 16.3 Å². The van der Waals surface area contributed by atoms with Crippen LogP contribution in [0.15, 0.2) is 77.7 Å². The molecule has 0 atom stereocenters. The van der Waals surface area contributed by atoms with Crippen LogP contribution in [0.2, 0.25) is 0 Å². The second kappa shape index (κ2) is 11.8. The Hall–Kier alpha value is -1.73. The van der Waals surface area contributed by atoms with Crippen molar-refractivity contribution in [2.45, 2.75) is 51.3 Å². The molecule has 26 heavy (non-hydrogen) atoms. The summed E-state index contributed by atoms with van der Waals surface area (Å²) in [7, 11) is 0.438. The Morgan fingerprint density at radius 1 is 0.654 bits per heavy atom. The molecule has 3 aromatic rings. The summed E-state index contributed by atoms with van der Waals surface area (Å²) >= 11 is 0. The molecule has 0 bridgehead atoms. The van der Waals surface area contributed by atoms with Gasteiger partial charge in [-0.2, -0.15) is 0 Å². The number of aryl methyl sites for hydroxylation is 1. The molecule has 0 aliphatic carbocycles. The first-order valence-corrected chi connectivity index (χ1v) is 11.5. The molecular weight excluding hydrogens is 332 g/mol. The number of rotatable bonds is 7. The maximum Gasteiger partial charge on any atom is 0.162 e. The summed E-state index contributed by atoms with van der Waals surface area (Å²) < 4.78 is 0. The Balaban J connectivity index is 0.000000290. The van der Waals surface area contributed by atoms with Gasteiger partial charge in [-0.25, -0.2) is 0 Å². The van der Waals surface area contributed by atoms with E-state index in [9.17, 15) is 0 Å². The van der Waals surface area contributed by atoms with E-state index in [1.807, 2.05) is 18.2 Å². The lowest BCUT2D eigenvalue weighted by atomic mass is 10.1. The van der Waals surface area contributed by atoms with E-state index in [1.54, 1.807) is 4.90 Å². The fourth-order valence-electron chi connectivity index (χ4n) is 2.94. The quantitative estimate of drug-likeness (QED) is 0.382. The molecule has 3 aromatic carbocycles. The molecule has 138 valence electrons. The van der Waals surface area contributed by atoms with Crippen LogP contribution in [0.5, 0.6) is 0 Å². The highest BCUT2D eigenvalue weighted by atomic mass is 32.2. The highest BCUT2D eigenvalue weighted by molar-refractivity contribution is 7.97. The second-order valence-electron chi connectivity index (χ2n) is 6.74. The number of hydrogen-bond acceptors (Lipinski definition) is 0. The number of benzene rings is 3. The van der Waals surface area contributed by atoms with E-state index in [-0.39, 0.29) is 0 Å². The summed E-state index contributed by atoms with van der Waals surface area (Å²) in [6, 6.07) is 25.9. The van der Waals surface area contributed by atoms with Gasteiger partial charge < -0.3 is 0 Å². The van der Waals surface area contributed by atoms with Gasteiger partial charge in [-0.3, -0.25) is 0 Å². The molecule has 0 aliphatic heterocycles. The largest absolute Gasteiger partial charge is 0.162 e. The van der Waals surface area contributed by atoms with E-state index < -0.39 is 0 Å². The molecule has 0 saturated heterocycles. The van der Waals surface area contributed by atoms with E-state index in [0.717, 1.165) is 0 Å². The van der Waals surface area contributed by atoms with Crippen molar-refractivity contribution in [1.82, 2.24) is 0 Å². The van der Waals surface area contributed by atoms with Gasteiger partial charge in [0.25, 0.3) is 0 Å². The van der Waals surface area contributed by atoms with Crippen molar-refractivity contribution in [2.75, 3.05) is 11.5 Å². The summed E-state index contributed by atoms with van der Waals surface area (Å²) in [6.45, 7) is 6.68. The molecule has 0 radical (unpaired) electrons. The van der Waals surface area contributed by atoms with Gasteiger partial charge in [0.2, 0.25) is 0 Å². The van der Waals surface area contributed by atoms with Crippen LogP contribution in [-0.4, -0.2) is 11.5 Å². The molecule has 0 nitrogen and oxygen atoms in total. The van der Waals surface area contributed by atoms with E-state index in [2.05, 4.69) is 75.4 Å². The molecule has 0 aromatic heterocycles. The van der Waals surface area contributed by atoms with Crippen molar-refractivity contribution in [3.05, 3.63) is 78.4 Å². The van der Waals surface area contributed by atoms with Gasteiger partial charge in [0.1, 0.15) is 11.5 Å². The first kappa shape index (κ1) is 20.6. The van der Waals surface area contributed by atoms with Crippen LogP contribution in [-0.2, 0) is 10.9 Å². The predicted molar refractivity (Wildman–Crippen MR) is 120 cm³/mol. The molecule has 0 fully saturated rings. The predicted octanol–water partition coefficient (Wildman–Crippen LogP) is 7.41. The minimum absolute atomic E-state index is 0.438. The van der Waals surface area contributed by atoms with Crippen LogP contribution in [0, 0.1) is 6.92 Å². The molecule has 0 aliphatic rings. The maximum atomic E-state index is 2.36. The van der Waals surface area contributed by atoms with Crippen LogP contribution in [0.3, 0.4) is 0 Å². The molecular formula is C25H33S+. The van der Waals surface area contributed by atoms with Crippen LogP contribution >= 0.6 is 0 Å². The third-order valence-corrected chi connectivity index (χ3v) is 7.03. The van der Waals surface area contributed by atoms with Crippen LogP contribution < -0.4 is 0 Å². The Labute approximate surface area is 163 Å². The number of unbranched alkanes of at least 4 members (excludes halogenated alkanes) is 2. The first-order valence-electron chi connectivity index (χ1n) is 9.93. The Kier molecular flexibility index (Phi) is 9.34. The van der Waals surface area contributed by atoms with Gasteiger partial charge in [-0.1, -0.05) is 92.9 Å². The van der Waals surface area contributed by atoms with Crippen molar-refractivity contribution in [1.29, 1.82) is 0 Å². The van der Waals surface area contributed by atoms with Crippen LogP contribution in [0.4, 0.5) is 0 Å². The lowest BCUT2D eigenvalue weighted by Gasteiger charge is -2.10. The fourth-order valence-corrected chi connectivity index (χ4v) is 5.63. The summed E-state index contributed by atoms with van der Waals surface area (Å²) in [5.41, 5.74) is 1.32. The highest BCUT2D eigenvalue weighted by Gasteiger charge is 2.22. The molecule has 0 heterocycles. The summed E-state index contributed by atoms with van der Waals surface area (Å²) in [4.78, 5) is 1.60. The van der Waals surface area contributed by atoms with E-state index >= 15 is 0 Å². The molecule has 0 unspecified atom stereocenters. The van der Waals surface area contributed by atoms with Crippen molar-refractivity contribution < 1.29 is 0 Å². The fraction of sp³-hybridized carbons (Fsp3) is 0.360. The van der Waals surface area contributed by atoms with Gasteiger partial charge >= 0.3 is 0 Å². The van der Waals surface area contributed by atoms with Gasteiger partial charge in [-0.05, 0) is 37.3 Å². The zero-order valence-electron chi connectivity index (χ0n) is 16.6. The van der Waals surface area contributed by atoms with E-state index in [0.29, 0.717) is 10.9 Å². The zero-order valence-corrected chi connectivity index (χ0v) is 17.4. The van der Waals surface area contributed by atoms with Gasteiger partial charge in [0.05, 0.1) is 0 Å². The lowest BCUT2D eigenvalue weighted by molar-refractivity contribution is 0.871. The molecule has 3 rings (SSSR count). The normalized spacial score (nSPS) is 10.6. The van der Waals surface area contributed by atoms with Crippen molar-refractivity contribution in [3.8, 4) is 0 Å². The first-order chi connectivity index (χ1) is 12.8. The minimum Gasteiger partial charge on any atom is -0.0652 e. The molecule has 0 amide bonds. The Morgan fingerprint density at radius 2 is 1.23 bits per heavy atom. The van der Waals surface area contributed by atoms with Crippen molar-refractivity contribution >= 4 is 21.7 Å². The Morgan fingerprint density at radius 3 is 1.81 bits per heavy atom. The van der Waals surface area contributed by atoms with Crippen molar-refractivity contribution in [2.24, 2.45) is 0 Å². The van der Waals surface area contributed by atoms with Crippen LogP contribution in [0.25, 0.3) is 10.8 Å². The summed E-state index contributed by atoms with van der Waals surface area (Å²) in [5.74, 6) is 2.73.